The van der Waals surface area contributed by atoms with E-state index in [4.69, 9.17) is 4.74 Å². The van der Waals surface area contributed by atoms with Gasteiger partial charge in [0, 0.05) is 23.7 Å². The lowest BCUT2D eigenvalue weighted by molar-refractivity contribution is 0.0544. The highest BCUT2D eigenvalue weighted by molar-refractivity contribution is 7.09. The molecule has 0 radical (unpaired) electrons. The van der Waals surface area contributed by atoms with E-state index in [9.17, 15) is 0 Å². The topological polar surface area (TPSA) is 47.0 Å². The lowest BCUT2D eigenvalue weighted by Gasteiger charge is -2.19. The van der Waals surface area contributed by atoms with Crippen LogP contribution in [0.25, 0.3) is 0 Å². The molecule has 1 unspecified atom stereocenters. The van der Waals surface area contributed by atoms with Crippen LogP contribution in [0.15, 0.2) is 0 Å². The highest BCUT2D eigenvalue weighted by atomic mass is 32.1. The van der Waals surface area contributed by atoms with Crippen LogP contribution < -0.4 is 5.32 Å². The molecule has 1 N–H and O–H groups in total. The third-order valence-electron chi connectivity index (χ3n) is 1.95. The summed E-state index contributed by atoms with van der Waals surface area (Å²) in [5.74, 6) is 0.793. The van der Waals surface area contributed by atoms with Crippen molar-refractivity contribution in [3.63, 3.8) is 0 Å². The normalized spacial score (nSPS) is 13.8. The summed E-state index contributed by atoms with van der Waals surface area (Å²) >= 11 is 1.39. The number of anilines is 1. The van der Waals surface area contributed by atoms with E-state index in [1.54, 1.807) is 0 Å². The monoisotopic (exact) mass is 243 g/mol. The van der Waals surface area contributed by atoms with E-state index in [1.165, 1.54) is 11.5 Å². The summed E-state index contributed by atoms with van der Waals surface area (Å²) in [6, 6.07) is 0. The molecule has 0 amide bonds. The maximum Gasteiger partial charge on any atom is 0.203 e. The van der Waals surface area contributed by atoms with Crippen molar-refractivity contribution < 1.29 is 4.74 Å². The molecular weight excluding hydrogens is 222 g/mol. The van der Waals surface area contributed by atoms with E-state index >= 15 is 0 Å². The van der Waals surface area contributed by atoms with Gasteiger partial charge in [0.05, 0.1) is 0 Å². The van der Waals surface area contributed by atoms with Crippen LogP contribution in [0.5, 0.6) is 0 Å². The first-order valence-corrected chi connectivity index (χ1v) is 6.47. The molecule has 16 heavy (non-hydrogen) atoms. The standard InChI is InChI=1S/C11H21N3OS/c1-6-8(15-7-2)9-12-10(16-14-9)13-11(3,4)5/h8H,6-7H2,1-5H3,(H,12,13,14). The van der Waals surface area contributed by atoms with E-state index in [2.05, 4.69) is 42.4 Å². The van der Waals surface area contributed by atoms with Gasteiger partial charge in [0.2, 0.25) is 5.13 Å². The van der Waals surface area contributed by atoms with Crippen LogP contribution in [-0.2, 0) is 4.74 Å². The quantitative estimate of drug-likeness (QED) is 0.862. The van der Waals surface area contributed by atoms with E-state index < -0.39 is 0 Å². The molecule has 0 spiro atoms. The summed E-state index contributed by atoms with van der Waals surface area (Å²) in [4.78, 5) is 4.46. The zero-order chi connectivity index (χ0) is 12.2. The molecule has 0 saturated heterocycles. The van der Waals surface area contributed by atoms with Gasteiger partial charge in [-0.1, -0.05) is 6.92 Å². The lowest BCUT2D eigenvalue weighted by atomic mass is 10.1. The summed E-state index contributed by atoms with van der Waals surface area (Å²) in [5, 5.41) is 4.17. The van der Waals surface area contributed by atoms with Crippen molar-refractivity contribution in [1.82, 2.24) is 9.36 Å². The van der Waals surface area contributed by atoms with Crippen molar-refractivity contribution in [3.05, 3.63) is 5.82 Å². The van der Waals surface area contributed by atoms with Crippen LogP contribution in [0, 0.1) is 0 Å². The fourth-order valence-electron chi connectivity index (χ4n) is 1.31. The summed E-state index contributed by atoms with van der Waals surface area (Å²) in [6.07, 6.45) is 0.927. The average molecular weight is 243 g/mol. The van der Waals surface area contributed by atoms with Crippen molar-refractivity contribution in [2.24, 2.45) is 0 Å². The molecule has 0 bridgehead atoms. The van der Waals surface area contributed by atoms with Crippen LogP contribution in [0.3, 0.4) is 0 Å². The molecule has 4 nitrogen and oxygen atoms in total. The number of ether oxygens (including phenoxy) is 1. The Morgan fingerprint density at radius 2 is 2.06 bits per heavy atom. The van der Waals surface area contributed by atoms with Gasteiger partial charge in [-0.3, -0.25) is 0 Å². The molecule has 5 heteroatoms. The summed E-state index contributed by atoms with van der Waals surface area (Å²) in [7, 11) is 0. The third kappa shape index (κ3) is 4.06. The smallest absolute Gasteiger partial charge is 0.203 e. The number of rotatable bonds is 5. The number of nitrogens with zero attached hydrogens (tertiary/aromatic N) is 2. The maximum absolute atomic E-state index is 5.57. The second-order valence-corrected chi connectivity index (χ2v) is 5.44. The first-order valence-electron chi connectivity index (χ1n) is 5.69. The Balaban J connectivity index is 2.69. The van der Waals surface area contributed by atoms with Crippen molar-refractivity contribution in [1.29, 1.82) is 0 Å². The molecule has 0 aromatic carbocycles. The Kier molecular flexibility index (Phi) is 4.68. The van der Waals surface area contributed by atoms with Crippen molar-refractivity contribution >= 4 is 16.7 Å². The molecule has 1 heterocycles. The van der Waals surface area contributed by atoms with Gasteiger partial charge in [-0.05, 0) is 34.1 Å². The summed E-state index contributed by atoms with van der Waals surface area (Å²) < 4.78 is 9.91. The number of hydrogen-bond donors (Lipinski definition) is 1. The second kappa shape index (κ2) is 5.59. The van der Waals surface area contributed by atoms with E-state index in [0.29, 0.717) is 6.61 Å². The fourth-order valence-corrected chi connectivity index (χ4v) is 2.14. The SMILES string of the molecule is CCOC(CC)c1nsc(NC(C)(C)C)n1. The Morgan fingerprint density at radius 3 is 2.56 bits per heavy atom. The molecule has 0 aliphatic heterocycles. The van der Waals surface area contributed by atoms with Crippen LogP contribution in [0.4, 0.5) is 5.13 Å². The van der Waals surface area contributed by atoms with E-state index in [-0.39, 0.29) is 11.6 Å². The van der Waals surface area contributed by atoms with Crippen LogP contribution in [-0.4, -0.2) is 21.5 Å². The van der Waals surface area contributed by atoms with E-state index in [1.807, 2.05) is 6.92 Å². The number of hydrogen-bond acceptors (Lipinski definition) is 5. The van der Waals surface area contributed by atoms with Gasteiger partial charge >= 0.3 is 0 Å². The molecule has 1 aromatic heterocycles. The van der Waals surface area contributed by atoms with E-state index in [0.717, 1.165) is 17.4 Å². The minimum atomic E-state index is 0.0180. The molecule has 0 aliphatic carbocycles. The highest BCUT2D eigenvalue weighted by Gasteiger charge is 2.17. The molecular formula is C11H21N3OS. The maximum atomic E-state index is 5.57. The van der Waals surface area contributed by atoms with Crippen molar-refractivity contribution in [2.45, 2.75) is 52.7 Å². The molecule has 0 saturated carbocycles. The van der Waals surface area contributed by atoms with Crippen LogP contribution in [0.1, 0.15) is 53.0 Å². The fraction of sp³-hybridized carbons (Fsp3) is 0.818. The molecule has 0 fully saturated rings. The largest absolute Gasteiger partial charge is 0.370 e. The number of aromatic nitrogens is 2. The van der Waals surface area contributed by atoms with Gasteiger partial charge in [0.1, 0.15) is 6.10 Å². The van der Waals surface area contributed by atoms with Gasteiger partial charge in [0.15, 0.2) is 5.82 Å². The summed E-state index contributed by atoms with van der Waals surface area (Å²) in [5.41, 5.74) is 0.0180. The Hall–Kier alpha value is -0.680. The second-order valence-electron chi connectivity index (χ2n) is 4.68. The van der Waals surface area contributed by atoms with Crippen LogP contribution in [0.2, 0.25) is 0 Å². The van der Waals surface area contributed by atoms with Crippen molar-refractivity contribution in [2.75, 3.05) is 11.9 Å². The minimum Gasteiger partial charge on any atom is -0.370 e. The third-order valence-corrected chi connectivity index (χ3v) is 2.59. The van der Waals surface area contributed by atoms with Gasteiger partial charge in [-0.25, -0.2) is 4.98 Å². The zero-order valence-electron chi connectivity index (χ0n) is 10.7. The van der Waals surface area contributed by atoms with Gasteiger partial charge < -0.3 is 10.1 Å². The highest BCUT2D eigenvalue weighted by Crippen LogP contribution is 2.23. The average Bonchev–Trinajstić information content (AvgIpc) is 2.59. The lowest BCUT2D eigenvalue weighted by Crippen LogP contribution is -2.25. The molecule has 0 aliphatic rings. The van der Waals surface area contributed by atoms with Gasteiger partial charge in [0.25, 0.3) is 0 Å². The summed E-state index contributed by atoms with van der Waals surface area (Å²) in [6.45, 7) is 11.1. The molecule has 1 atom stereocenters. The minimum absolute atomic E-state index is 0.0180. The first kappa shape index (κ1) is 13.4. The Labute approximate surface area is 102 Å². The first-order chi connectivity index (χ1) is 7.46. The van der Waals surface area contributed by atoms with Gasteiger partial charge in [-0.15, -0.1) is 0 Å². The predicted octanol–water partition coefficient (Wildman–Crippen LogP) is 3.24. The molecule has 1 aromatic rings. The number of nitrogens with one attached hydrogen (secondary N) is 1. The zero-order valence-corrected chi connectivity index (χ0v) is 11.5. The Bertz CT molecular complexity index is 319. The molecule has 1 rings (SSSR count). The predicted molar refractivity (Wildman–Crippen MR) is 67.9 cm³/mol. The van der Waals surface area contributed by atoms with Crippen molar-refractivity contribution in [3.8, 4) is 0 Å². The van der Waals surface area contributed by atoms with Crippen LogP contribution >= 0.6 is 11.5 Å². The molecule has 92 valence electrons. The Morgan fingerprint density at radius 1 is 1.38 bits per heavy atom. The van der Waals surface area contributed by atoms with Gasteiger partial charge in [-0.2, -0.15) is 4.37 Å².